The van der Waals surface area contributed by atoms with E-state index in [0.29, 0.717) is 24.7 Å². The molecule has 2 N–H and O–H groups in total. The molecule has 1 aromatic rings. The molecular weight excluding hydrogens is 278 g/mol. The second kappa shape index (κ2) is 6.67. The number of benzene rings is 1. The second-order valence-corrected chi connectivity index (χ2v) is 6.88. The molecule has 1 saturated heterocycles. The van der Waals surface area contributed by atoms with Gasteiger partial charge in [0.15, 0.2) is 0 Å². The second-order valence-electron chi connectivity index (χ2n) is 5.17. The van der Waals surface area contributed by atoms with Crippen LogP contribution in [0.2, 0.25) is 0 Å². The first-order valence-electron chi connectivity index (χ1n) is 6.83. The Kier molecular flexibility index (Phi) is 5.15. The summed E-state index contributed by atoms with van der Waals surface area (Å²) >= 11 is 0. The van der Waals surface area contributed by atoms with Gasteiger partial charge < -0.3 is 9.84 Å². The molecule has 2 rings (SSSR count). The van der Waals surface area contributed by atoms with E-state index in [4.69, 9.17) is 9.84 Å². The van der Waals surface area contributed by atoms with Gasteiger partial charge in [0.25, 0.3) is 0 Å². The van der Waals surface area contributed by atoms with E-state index in [0.717, 1.165) is 12.8 Å². The summed E-state index contributed by atoms with van der Waals surface area (Å²) in [4.78, 5) is 0.197. The highest BCUT2D eigenvalue weighted by molar-refractivity contribution is 7.89. The van der Waals surface area contributed by atoms with Gasteiger partial charge in [-0.1, -0.05) is 12.1 Å². The minimum Gasteiger partial charge on any atom is -0.392 e. The van der Waals surface area contributed by atoms with Crippen LogP contribution in [0.5, 0.6) is 0 Å². The average Bonchev–Trinajstić information content (AvgIpc) is 2.48. The molecule has 1 aliphatic heterocycles. The predicted octanol–water partition coefficient (Wildman–Crippen LogP) is 1.27. The summed E-state index contributed by atoms with van der Waals surface area (Å²) < 4.78 is 32.7. The summed E-state index contributed by atoms with van der Waals surface area (Å²) in [6.45, 7) is 3.11. The minimum absolute atomic E-state index is 0.123. The van der Waals surface area contributed by atoms with E-state index in [-0.39, 0.29) is 17.5 Å². The van der Waals surface area contributed by atoms with E-state index >= 15 is 0 Å². The molecular formula is C14H21NO4S. The first-order valence-corrected chi connectivity index (χ1v) is 8.31. The molecule has 1 aliphatic rings. The summed E-state index contributed by atoms with van der Waals surface area (Å²) in [5.41, 5.74) is 0.589. The summed E-state index contributed by atoms with van der Waals surface area (Å²) in [7, 11) is -3.54. The van der Waals surface area contributed by atoms with Crippen LogP contribution in [0.15, 0.2) is 29.2 Å². The molecule has 0 radical (unpaired) electrons. The van der Waals surface area contributed by atoms with Gasteiger partial charge in [-0.2, -0.15) is 0 Å². The molecule has 1 fully saturated rings. The zero-order valence-electron chi connectivity index (χ0n) is 11.6. The van der Waals surface area contributed by atoms with Gasteiger partial charge in [-0.3, -0.25) is 0 Å². The van der Waals surface area contributed by atoms with Gasteiger partial charge in [-0.05, 0) is 43.4 Å². The first-order chi connectivity index (χ1) is 9.53. The lowest BCUT2D eigenvalue weighted by Crippen LogP contribution is -2.40. The van der Waals surface area contributed by atoms with Gasteiger partial charge in [0, 0.05) is 19.3 Å². The standard InChI is InChI=1S/C14H21NO4S/c1-11(13-5-7-19-8-6-13)15-20(17,18)14-4-2-3-12(9-14)10-16/h2-4,9,11,13,15-16H,5-8,10H2,1H3. The molecule has 112 valence electrons. The van der Waals surface area contributed by atoms with Crippen molar-refractivity contribution in [1.29, 1.82) is 0 Å². The van der Waals surface area contributed by atoms with Crippen LogP contribution in [0.25, 0.3) is 0 Å². The normalized spacial score (nSPS) is 18.9. The van der Waals surface area contributed by atoms with Crippen LogP contribution >= 0.6 is 0 Å². The van der Waals surface area contributed by atoms with Crippen molar-refractivity contribution in [3.8, 4) is 0 Å². The number of hydrogen-bond acceptors (Lipinski definition) is 4. The number of ether oxygens (including phenoxy) is 1. The Morgan fingerprint density at radius 3 is 2.75 bits per heavy atom. The van der Waals surface area contributed by atoms with Gasteiger partial charge in [-0.25, -0.2) is 13.1 Å². The van der Waals surface area contributed by atoms with E-state index in [2.05, 4.69) is 4.72 Å². The van der Waals surface area contributed by atoms with E-state index in [9.17, 15) is 8.42 Å². The van der Waals surface area contributed by atoms with Crippen LogP contribution in [0, 0.1) is 5.92 Å². The Morgan fingerprint density at radius 1 is 1.40 bits per heavy atom. The SMILES string of the molecule is CC(NS(=O)(=O)c1cccc(CO)c1)C1CCOCC1. The molecule has 5 nitrogen and oxygen atoms in total. The molecule has 0 spiro atoms. The topological polar surface area (TPSA) is 75.6 Å². The number of rotatable bonds is 5. The van der Waals surface area contributed by atoms with Crippen molar-refractivity contribution in [2.45, 2.75) is 37.3 Å². The maximum Gasteiger partial charge on any atom is 0.240 e. The lowest BCUT2D eigenvalue weighted by molar-refractivity contribution is 0.0585. The molecule has 1 unspecified atom stereocenters. The number of aliphatic hydroxyl groups is 1. The van der Waals surface area contributed by atoms with Crippen LogP contribution < -0.4 is 4.72 Å². The van der Waals surface area contributed by atoms with E-state index in [1.54, 1.807) is 12.1 Å². The third-order valence-corrected chi connectivity index (χ3v) is 5.26. The van der Waals surface area contributed by atoms with Gasteiger partial charge >= 0.3 is 0 Å². The van der Waals surface area contributed by atoms with Crippen LogP contribution in [0.1, 0.15) is 25.3 Å². The van der Waals surface area contributed by atoms with Crippen molar-refractivity contribution in [2.24, 2.45) is 5.92 Å². The van der Waals surface area contributed by atoms with Gasteiger partial charge in [0.05, 0.1) is 11.5 Å². The van der Waals surface area contributed by atoms with Gasteiger partial charge in [0.1, 0.15) is 0 Å². The van der Waals surface area contributed by atoms with Crippen LogP contribution in [-0.2, 0) is 21.4 Å². The fourth-order valence-electron chi connectivity index (χ4n) is 2.44. The van der Waals surface area contributed by atoms with Crippen LogP contribution in [-0.4, -0.2) is 32.8 Å². The predicted molar refractivity (Wildman–Crippen MR) is 75.7 cm³/mol. The monoisotopic (exact) mass is 299 g/mol. The number of nitrogens with one attached hydrogen (secondary N) is 1. The van der Waals surface area contributed by atoms with E-state index in [1.807, 2.05) is 6.92 Å². The minimum atomic E-state index is -3.54. The van der Waals surface area contributed by atoms with Gasteiger partial charge in [0.2, 0.25) is 10.0 Å². The Bertz CT molecular complexity index is 538. The Hall–Kier alpha value is -0.950. The van der Waals surface area contributed by atoms with Crippen molar-refractivity contribution < 1.29 is 18.3 Å². The van der Waals surface area contributed by atoms with Crippen LogP contribution in [0.3, 0.4) is 0 Å². The summed E-state index contributed by atoms with van der Waals surface area (Å²) in [5, 5.41) is 9.08. The average molecular weight is 299 g/mol. The van der Waals surface area contributed by atoms with Crippen molar-refractivity contribution in [1.82, 2.24) is 4.72 Å². The third kappa shape index (κ3) is 3.79. The van der Waals surface area contributed by atoms with E-state index in [1.165, 1.54) is 12.1 Å². The van der Waals surface area contributed by atoms with Crippen molar-refractivity contribution in [3.63, 3.8) is 0 Å². The van der Waals surface area contributed by atoms with Crippen molar-refractivity contribution in [3.05, 3.63) is 29.8 Å². The third-order valence-electron chi connectivity index (χ3n) is 3.71. The number of aliphatic hydroxyl groups excluding tert-OH is 1. The Labute approximate surface area is 120 Å². The fourth-order valence-corrected chi connectivity index (χ4v) is 3.82. The molecule has 0 amide bonds. The smallest absolute Gasteiger partial charge is 0.240 e. The van der Waals surface area contributed by atoms with E-state index < -0.39 is 10.0 Å². The summed E-state index contributed by atoms with van der Waals surface area (Å²) in [6.07, 6.45) is 1.75. The molecule has 1 aromatic carbocycles. The molecule has 0 aliphatic carbocycles. The highest BCUT2D eigenvalue weighted by Crippen LogP contribution is 2.20. The number of hydrogen-bond donors (Lipinski definition) is 2. The maximum absolute atomic E-state index is 12.3. The maximum atomic E-state index is 12.3. The van der Waals surface area contributed by atoms with Crippen molar-refractivity contribution >= 4 is 10.0 Å². The zero-order chi connectivity index (χ0) is 14.6. The zero-order valence-corrected chi connectivity index (χ0v) is 12.4. The first kappa shape index (κ1) is 15.4. The van der Waals surface area contributed by atoms with Gasteiger partial charge in [-0.15, -0.1) is 0 Å². The quantitative estimate of drug-likeness (QED) is 0.858. The lowest BCUT2D eigenvalue weighted by atomic mass is 9.94. The fraction of sp³-hybridized carbons (Fsp3) is 0.571. The summed E-state index contributed by atoms with van der Waals surface area (Å²) in [5.74, 6) is 0.305. The molecule has 0 saturated carbocycles. The molecule has 0 aromatic heterocycles. The van der Waals surface area contributed by atoms with Crippen LogP contribution in [0.4, 0.5) is 0 Å². The Morgan fingerprint density at radius 2 is 2.10 bits per heavy atom. The number of sulfonamides is 1. The highest BCUT2D eigenvalue weighted by Gasteiger charge is 2.25. The largest absolute Gasteiger partial charge is 0.392 e. The Balaban J connectivity index is 2.09. The molecule has 1 heterocycles. The molecule has 0 bridgehead atoms. The highest BCUT2D eigenvalue weighted by atomic mass is 32.2. The summed E-state index contributed by atoms with van der Waals surface area (Å²) in [6, 6.07) is 6.25. The molecule has 20 heavy (non-hydrogen) atoms. The molecule has 1 atom stereocenters. The van der Waals surface area contributed by atoms with Crippen molar-refractivity contribution in [2.75, 3.05) is 13.2 Å². The lowest BCUT2D eigenvalue weighted by Gasteiger charge is -2.28. The molecule has 6 heteroatoms.